The van der Waals surface area contributed by atoms with Crippen molar-refractivity contribution in [2.75, 3.05) is 18.0 Å². The molecule has 0 radical (unpaired) electrons. The van der Waals surface area contributed by atoms with Gasteiger partial charge in [0.25, 0.3) is 5.56 Å². The average molecular weight is 528 g/mol. The number of hydrogen-bond donors (Lipinski definition) is 2. The number of nitrogens with two attached hydrogens (primary N) is 1. The highest BCUT2D eigenvalue weighted by Gasteiger charge is 2.28. The molecule has 3 aromatic heterocycles. The average Bonchev–Trinajstić information content (AvgIpc) is 3.33. The van der Waals surface area contributed by atoms with Crippen molar-refractivity contribution in [3.63, 3.8) is 0 Å². The molecular formula is C26H33N5O5S. The Bertz CT molecular complexity index is 1350. The Balaban J connectivity index is 1.67. The Morgan fingerprint density at radius 2 is 2.05 bits per heavy atom. The van der Waals surface area contributed by atoms with Gasteiger partial charge in [-0.25, -0.2) is 14.8 Å². The number of aryl methyl sites for hydroxylation is 2. The van der Waals surface area contributed by atoms with Crippen LogP contribution >= 0.6 is 11.3 Å². The van der Waals surface area contributed by atoms with E-state index in [9.17, 15) is 19.5 Å². The normalized spacial score (nSPS) is 16.8. The van der Waals surface area contributed by atoms with Gasteiger partial charge in [-0.3, -0.25) is 14.0 Å². The van der Waals surface area contributed by atoms with E-state index in [0.717, 1.165) is 35.5 Å². The first-order valence-corrected chi connectivity index (χ1v) is 13.4. The number of primary amides is 1. The number of rotatable bonds is 9. The van der Waals surface area contributed by atoms with Crippen LogP contribution in [-0.2, 0) is 28.8 Å². The number of carbonyl (C=O) groups excluding carboxylic acids is 1. The molecule has 3 N–H and O–H groups in total. The summed E-state index contributed by atoms with van der Waals surface area (Å²) in [6, 6.07) is 3.79. The maximum absolute atomic E-state index is 13.6. The molecule has 3 aromatic rings. The number of aromatic nitrogens is 3. The number of pyridine rings is 1. The highest BCUT2D eigenvalue weighted by atomic mass is 32.1. The molecule has 1 saturated heterocycles. The molecule has 1 aliphatic rings. The van der Waals surface area contributed by atoms with Gasteiger partial charge in [0.15, 0.2) is 0 Å². The molecule has 0 bridgehead atoms. The Morgan fingerprint density at radius 3 is 2.73 bits per heavy atom. The van der Waals surface area contributed by atoms with Gasteiger partial charge in [-0.15, -0.1) is 11.3 Å². The highest BCUT2D eigenvalue weighted by Crippen LogP contribution is 2.25. The Hall–Kier alpha value is -3.47. The summed E-state index contributed by atoms with van der Waals surface area (Å²) in [6.45, 7) is 6.76. The molecule has 10 nitrogen and oxygen atoms in total. The molecule has 0 spiro atoms. The van der Waals surface area contributed by atoms with E-state index >= 15 is 0 Å². The number of nitrogens with zero attached hydrogens (tertiary/aromatic N) is 4. The smallest absolute Gasteiger partial charge is 0.404 e. The minimum absolute atomic E-state index is 0.0429. The molecular weight excluding hydrogens is 494 g/mol. The summed E-state index contributed by atoms with van der Waals surface area (Å²) >= 11 is 1.66. The lowest BCUT2D eigenvalue weighted by molar-refractivity contribution is -0.141. The second-order valence-corrected chi connectivity index (χ2v) is 10.8. The molecule has 1 unspecified atom stereocenters. The van der Waals surface area contributed by atoms with Crippen LogP contribution in [0.5, 0.6) is 0 Å². The zero-order chi connectivity index (χ0) is 26.7. The summed E-state index contributed by atoms with van der Waals surface area (Å²) in [5.74, 6) is -0.917. The Kier molecular flexibility index (Phi) is 8.11. The van der Waals surface area contributed by atoms with Crippen LogP contribution in [0.4, 0.5) is 10.6 Å². The van der Waals surface area contributed by atoms with Crippen molar-refractivity contribution in [2.24, 2.45) is 11.7 Å². The molecule has 0 saturated carbocycles. The van der Waals surface area contributed by atoms with Crippen molar-refractivity contribution in [3.05, 3.63) is 55.9 Å². The van der Waals surface area contributed by atoms with Crippen molar-refractivity contribution in [3.8, 4) is 0 Å². The molecule has 4 rings (SSSR count). The molecule has 1 aliphatic heterocycles. The van der Waals surface area contributed by atoms with Gasteiger partial charge in [-0.2, -0.15) is 0 Å². The molecule has 0 aromatic carbocycles. The van der Waals surface area contributed by atoms with Gasteiger partial charge >= 0.3 is 12.1 Å². The summed E-state index contributed by atoms with van der Waals surface area (Å²) in [7, 11) is 0. The lowest BCUT2D eigenvalue weighted by Crippen LogP contribution is -2.43. The number of amides is 1. The summed E-state index contributed by atoms with van der Waals surface area (Å²) in [5.41, 5.74) is 7.88. The number of fused-ring (bicyclic) bond motifs is 1. The van der Waals surface area contributed by atoms with Crippen LogP contribution < -0.4 is 16.2 Å². The van der Waals surface area contributed by atoms with Crippen LogP contribution in [0.1, 0.15) is 61.4 Å². The third-order valence-electron chi connectivity index (χ3n) is 6.65. The van der Waals surface area contributed by atoms with Crippen LogP contribution in [0.25, 0.3) is 5.65 Å². The van der Waals surface area contributed by atoms with E-state index in [1.54, 1.807) is 24.5 Å². The van der Waals surface area contributed by atoms with Crippen molar-refractivity contribution >= 4 is 34.9 Å². The van der Waals surface area contributed by atoms with E-state index < -0.39 is 24.1 Å². The third kappa shape index (κ3) is 6.27. The molecule has 1 fully saturated rings. The van der Waals surface area contributed by atoms with E-state index in [4.69, 9.17) is 20.4 Å². The van der Waals surface area contributed by atoms with E-state index in [0.29, 0.717) is 42.5 Å². The monoisotopic (exact) mass is 527 g/mol. The van der Waals surface area contributed by atoms with Gasteiger partial charge in [0.05, 0.1) is 28.7 Å². The first kappa shape index (κ1) is 26.6. The van der Waals surface area contributed by atoms with Crippen molar-refractivity contribution in [1.29, 1.82) is 0 Å². The largest absolute Gasteiger partial charge is 0.481 e. The van der Waals surface area contributed by atoms with Gasteiger partial charge in [-0.1, -0.05) is 20.8 Å². The van der Waals surface area contributed by atoms with Gasteiger partial charge < -0.3 is 20.5 Å². The predicted octanol–water partition coefficient (Wildman–Crippen LogP) is 3.39. The first-order valence-electron chi connectivity index (χ1n) is 12.5. The lowest BCUT2D eigenvalue weighted by Gasteiger charge is -2.34. The Labute approximate surface area is 219 Å². The van der Waals surface area contributed by atoms with E-state index in [2.05, 4.69) is 19.2 Å². The summed E-state index contributed by atoms with van der Waals surface area (Å²) < 4.78 is 6.69. The second kappa shape index (κ2) is 11.3. The van der Waals surface area contributed by atoms with Crippen LogP contribution in [0.15, 0.2) is 28.5 Å². The van der Waals surface area contributed by atoms with Gasteiger partial charge in [0.2, 0.25) is 0 Å². The molecule has 0 aliphatic carbocycles. The predicted molar refractivity (Wildman–Crippen MR) is 141 cm³/mol. The zero-order valence-corrected chi connectivity index (χ0v) is 22.2. The number of anilines is 1. The maximum Gasteiger partial charge on any atom is 0.404 e. The van der Waals surface area contributed by atoms with E-state index in [-0.39, 0.29) is 12.0 Å². The summed E-state index contributed by atoms with van der Waals surface area (Å²) in [4.78, 5) is 47.9. The number of ether oxygens (including phenoxy) is 1. The number of carbonyl (C=O) groups is 2. The van der Waals surface area contributed by atoms with Crippen LogP contribution in [0, 0.1) is 5.92 Å². The minimum atomic E-state index is -0.984. The van der Waals surface area contributed by atoms with E-state index in [1.165, 1.54) is 4.40 Å². The quantitative estimate of drug-likeness (QED) is 0.432. The fourth-order valence-electron chi connectivity index (χ4n) is 4.54. The SMILES string of the molecule is CC(Cc1c(N2CCC[C@@H](OC(N)=O)C2)nc2cc(CCc3nc(C(C)C)cs3)ccn2c1=O)C(=O)O. The molecule has 2 atom stereocenters. The van der Waals surface area contributed by atoms with Gasteiger partial charge in [0.1, 0.15) is 17.6 Å². The Morgan fingerprint density at radius 1 is 1.27 bits per heavy atom. The topological polar surface area (TPSA) is 140 Å². The van der Waals surface area contributed by atoms with Crippen molar-refractivity contribution in [2.45, 2.75) is 64.9 Å². The zero-order valence-electron chi connectivity index (χ0n) is 21.3. The molecule has 11 heteroatoms. The van der Waals surface area contributed by atoms with E-state index in [1.807, 2.05) is 17.0 Å². The molecule has 198 valence electrons. The molecule has 37 heavy (non-hydrogen) atoms. The van der Waals surface area contributed by atoms with Crippen LogP contribution in [0.2, 0.25) is 0 Å². The van der Waals surface area contributed by atoms with Crippen LogP contribution in [0.3, 0.4) is 0 Å². The number of thiazole rings is 1. The number of carboxylic acid groups (broad SMARTS) is 1. The maximum atomic E-state index is 13.6. The van der Waals surface area contributed by atoms with Crippen molar-refractivity contribution in [1.82, 2.24) is 14.4 Å². The highest BCUT2D eigenvalue weighted by molar-refractivity contribution is 7.09. The fraction of sp³-hybridized carbons (Fsp3) is 0.500. The second-order valence-electron chi connectivity index (χ2n) is 9.89. The number of aliphatic carboxylic acids is 1. The molecule has 1 amide bonds. The lowest BCUT2D eigenvalue weighted by atomic mass is 10.0. The number of piperidine rings is 1. The van der Waals surface area contributed by atoms with Crippen LogP contribution in [-0.4, -0.2) is 50.7 Å². The van der Waals surface area contributed by atoms with Gasteiger partial charge in [0, 0.05) is 24.5 Å². The number of hydrogen-bond acceptors (Lipinski definition) is 8. The third-order valence-corrected chi connectivity index (χ3v) is 7.57. The van der Waals surface area contributed by atoms with Gasteiger partial charge in [-0.05, 0) is 49.3 Å². The van der Waals surface area contributed by atoms with Crippen molar-refractivity contribution < 1.29 is 19.4 Å². The summed E-state index contributed by atoms with van der Waals surface area (Å²) in [5, 5.41) is 12.7. The summed E-state index contributed by atoms with van der Waals surface area (Å²) in [6.07, 6.45) is 3.40. The standard InChI is InChI=1S/C26H33N5O5S/c1-15(2)20-14-37-22(28-20)7-6-17-8-10-31-21(12-17)29-23(19(24(31)32)11-16(3)25(33)34)30-9-4-5-18(13-30)36-26(27)35/h8,10,12,14-16,18H,4-7,9,11,13H2,1-3H3,(H2,27,35)(H,33,34)/t16?,18-/m1/s1. The first-order chi connectivity index (χ1) is 17.6. The minimum Gasteiger partial charge on any atom is -0.481 e. The fourth-order valence-corrected chi connectivity index (χ4v) is 5.50. The number of carboxylic acids is 1. The molecule has 4 heterocycles.